The molecule has 0 fully saturated rings. The highest BCUT2D eigenvalue weighted by atomic mass is 16.5. The molecule has 88 valence electrons. The van der Waals surface area contributed by atoms with E-state index in [-0.39, 0.29) is 0 Å². The van der Waals surface area contributed by atoms with Crippen molar-refractivity contribution in [3.05, 3.63) is 29.6 Å². The number of methoxy groups -OCH3 is 1. The van der Waals surface area contributed by atoms with Gasteiger partial charge in [0.25, 0.3) is 0 Å². The van der Waals surface area contributed by atoms with Gasteiger partial charge in [0.15, 0.2) is 0 Å². The SMILES string of the molecule is COC(=O)C(N)C(C)(C)c1cnccc1C. The van der Waals surface area contributed by atoms with Crippen molar-refractivity contribution in [2.24, 2.45) is 5.73 Å². The van der Waals surface area contributed by atoms with Gasteiger partial charge in [-0.25, -0.2) is 0 Å². The zero-order valence-corrected chi connectivity index (χ0v) is 10.2. The number of hydrogen-bond acceptors (Lipinski definition) is 4. The second-order valence-electron chi connectivity index (χ2n) is 4.41. The molecule has 4 nitrogen and oxygen atoms in total. The largest absolute Gasteiger partial charge is 0.468 e. The van der Waals surface area contributed by atoms with Crippen LogP contribution in [0.15, 0.2) is 18.5 Å². The summed E-state index contributed by atoms with van der Waals surface area (Å²) in [6.07, 6.45) is 3.47. The topological polar surface area (TPSA) is 65.2 Å². The summed E-state index contributed by atoms with van der Waals surface area (Å²) < 4.78 is 4.68. The Morgan fingerprint density at radius 3 is 2.69 bits per heavy atom. The van der Waals surface area contributed by atoms with Crippen molar-refractivity contribution in [3.8, 4) is 0 Å². The minimum absolute atomic E-state index is 0.409. The summed E-state index contributed by atoms with van der Waals surface area (Å²) >= 11 is 0. The van der Waals surface area contributed by atoms with E-state index in [1.807, 2.05) is 26.8 Å². The van der Waals surface area contributed by atoms with Gasteiger partial charge < -0.3 is 10.5 Å². The Hall–Kier alpha value is -1.42. The number of rotatable bonds is 3. The van der Waals surface area contributed by atoms with Crippen molar-refractivity contribution in [1.29, 1.82) is 0 Å². The number of esters is 1. The number of nitrogens with two attached hydrogens (primary N) is 1. The monoisotopic (exact) mass is 222 g/mol. The number of aryl methyl sites for hydroxylation is 1. The number of aromatic nitrogens is 1. The highest BCUT2D eigenvalue weighted by Gasteiger charge is 2.35. The predicted molar refractivity (Wildman–Crippen MR) is 62.0 cm³/mol. The molecular formula is C12H18N2O2. The fourth-order valence-electron chi connectivity index (χ4n) is 1.73. The van der Waals surface area contributed by atoms with Crippen molar-refractivity contribution < 1.29 is 9.53 Å². The lowest BCUT2D eigenvalue weighted by Gasteiger charge is -2.31. The number of nitrogens with zero attached hydrogens (tertiary/aromatic N) is 1. The molecule has 4 heteroatoms. The molecule has 16 heavy (non-hydrogen) atoms. The lowest BCUT2D eigenvalue weighted by atomic mass is 9.77. The van der Waals surface area contributed by atoms with Gasteiger partial charge in [-0.1, -0.05) is 13.8 Å². The zero-order valence-electron chi connectivity index (χ0n) is 10.2. The van der Waals surface area contributed by atoms with E-state index >= 15 is 0 Å². The number of hydrogen-bond donors (Lipinski definition) is 1. The van der Waals surface area contributed by atoms with Crippen LogP contribution >= 0.6 is 0 Å². The number of carbonyl (C=O) groups excluding carboxylic acids is 1. The summed E-state index contributed by atoms with van der Waals surface area (Å²) in [5, 5.41) is 0. The third-order valence-corrected chi connectivity index (χ3v) is 2.97. The standard InChI is InChI=1S/C12H18N2O2/c1-8-5-6-14-7-9(8)12(2,3)10(13)11(15)16-4/h5-7,10H,13H2,1-4H3. The Kier molecular flexibility index (Phi) is 3.65. The van der Waals surface area contributed by atoms with E-state index in [0.717, 1.165) is 11.1 Å². The third-order valence-electron chi connectivity index (χ3n) is 2.97. The van der Waals surface area contributed by atoms with Gasteiger partial charge >= 0.3 is 5.97 Å². The van der Waals surface area contributed by atoms with Crippen LogP contribution in [0, 0.1) is 6.92 Å². The maximum absolute atomic E-state index is 11.5. The summed E-state index contributed by atoms with van der Waals surface area (Å²) in [4.78, 5) is 15.5. The van der Waals surface area contributed by atoms with Crippen molar-refractivity contribution in [3.63, 3.8) is 0 Å². The quantitative estimate of drug-likeness (QED) is 0.780. The van der Waals surface area contributed by atoms with Gasteiger partial charge in [-0.15, -0.1) is 0 Å². The maximum atomic E-state index is 11.5. The minimum Gasteiger partial charge on any atom is -0.468 e. The smallest absolute Gasteiger partial charge is 0.323 e. The normalized spacial score (nSPS) is 13.3. The lowest BCUT2D eigenvalue weighted by molar-refractivity contribution is -0.143. The fourth-order valence-corrected chi connectivity index (χ4v) is 1.73. The molecule has 1 aromatic rings. The van der Waals surface area contributed by atoms with Gasteiger partial charge in [0.2, 0.25) is 0 Å². The number of carbonyl (C=O) groups is 1. The number of pyridine rings is 1. The molecule has 0 amide bonds. The van der Waals surface area contributed by atoms with Gasteiger partial charge in [0, 0.05) is 17.8 Å². The van der Waals surface area contributed by atoms with Crippen LogP contribution in [0.5, 0.6) is 0 Å². The van der Waals surface area contributed by atoms with E-state index in [1.54, 1.807) is 12.4 Å². The molecule has 1 aromatic heterocycles. The Labute approximate surface area is 95.8 Å². The summed E-state index contributed by atoms with van der Waals surface area (Å²) in [5.74, 6) is -0.409. The summed E-state index contributed by atoms with van der Waals surface area (Å²) in [6.45, 7) is 5.81. The predicted octanol–water partition coefficient (Wildman–Crippen LogP) is 1.17. The van der Waals surface area contributed by atoms with Gasteiger partial charge in [0.05, 0.1) is 7.11 Å². The Morgan fingerprint density at radius 2 is 2.19 bits per heavy atom. The molecule has 0 saturated heterocycles. The summed E-state index contributed by atoms with van der Waals surface area (Å²) in [5.41, 5.74) is 7.44. The number of ether oxygens (including phenoxy) is 1. The highest BCUT2D eigenvalue weighted by molar-refractivity contribution is 5.77. The average Bonchev–Trinajstić information content (AvgIpc) is 2.27. The van der Waals surface area contributed by atoms with Crippen LogP contribution in [0.4, 0.5) is 0 Å². The van der Waals surface area contributed by atoms with Gasteiger partial charge in [-0.3, -0.25) is 9.78 Å². The van der Waals surface area contributed by atoms with E-state index in [1.165, 1.54) is 7.11 Å². The average molecular weight is 222 g/mol. The van der Waals surface area contributed by atoms with Crippen LogP contribution in [-0.4, -0.2) is 24.1 Å². The second kappa shape index (κ2) is 4.61. The first-order chi connectivity index (χ1) is 7.41. The summed E-state index contributed by atoms with van der Waals surface area (Å²) in [7, 11) is 1.34. The Morgan fingerprint density at radius 1 is 1.56 bits per heavy atom. The van der Waals surface area contributed by atoms with Crippen LogP contribution in [-0.2, 0) is 14.9 Å². The molecule has 1 rings (SSSR count). The Balaban J connectivity index is 3.11. The third kappa shape index (κ3) is 2.22. The molecule has 1 unspecified atom stereocenters. The van der Waals surface area contributed by atoms with Crippen LogP contribution in [0.1, 0.15) is 25.0 Å². The molecule has 0 radical (unpaired) electrons. The fraction of sp³-hybridized carbons (Fsp3) is 0.500. The maximum Gasteiger partial charge on any atom is 0.323 e. The molecule has 1 heterocycles. The minimum atomic E-state index is -0.694. The van der Waals surface area contributed by atoms with Gasteiger partial charge in [-0.2, -0.15) is 0 Å². The molecule has 1 atom stereocenters. The van der Waals surface area contributed by atoms with Crippen molar-refractivity contribution in [2.75, 3.05) is 7.11 Å². The van der Waals surface area contributed by atoms with Gasteiger partial charge in [-0.05, 0) is 24.1 Å². The van der Waals surface area contributed by atoms with Crippen LogP contribution in [0.2, 0.25) is 0 Å². The van der Waals surface area contributed by atoms with E-state index in [0.29, 0.717) is 0 Å². The first-order valence-corrected chi connectivity index (χ1v) is 5.15. The van der Waals surface area contributed by atoms with E-state index in [4.69, 9.17) is 5.73 Å². The van der Waals surface area contributed by atoms with Gasteiger partial charge in [0.1, 0.15) is 6.04 Å². The van der Waals surface area contributed by atoms with Crippen LogP contribution < -0.4 is 5.73 Å². The highest BCUT2D eigenvalue weighted by Crippen LogP contribution is 2.28. The molecular weight excluding hydrogens is 204 g/mol. The Bertz CT molecular complexity index is 388. The van der Waals surface area contributed by atoms with Crippen LogP contribution in [0.3, 0.4) is 0 Å². The lowest BCUT2D eigenvalue weighted by Crippen LogP contribution is -2.47. The molecule has 0 saturated carbocycles. The molecule has 0 aromatic carbocycles. The molecule has 0 aliphatic rings. The van der Waals surface area contributed by atoms with Crippen molar-refractivity contribution in [2.45, 2.75) is 32.2 Å². The molecule has 0 aliphatic heterocycles. The molecule has 0 spiro atoms. The van der Waals surface area contributed by atoms with E-state index in [9.17, 15) is 4.79 Å². The van der Waals surface area contributed by atoms with Crippen molar-refractivity contribution >= 4 is 5.97 Å². The molecule has 0 bridgehead atoms. The molecule has 0 aliphatic carbocycles. The van der Waals surface area contributed by atoms with Crippen molar-refractivity contribution in [1.82, 2.24) is 4.98 Å². The zero-order chi connectivity index (χ0) is 12.3. The second-order valence-corrected chi connectivity index (χ2v) is 4.41. The van der Waals surface area contributed by atoms with E-state index < -0.39 is 17.4 Å². The first-order valence-electron chi connectivity index (χ1n) is 5.15. The first kappa shape index (κ1) is 12.6. The van der Waals surface area contributed by atoms with E-state index in [2.05, 4.69) is 9.72 Å². The summed E-state index contributed by atoms with van der Waals surface area (Å²) in [6, 6.07) is 1.21. The van der Waals surface area contributed by atoms with Crippen LogP contribution in [0.25, 0.3) is 0 Å². The molecule has 2 N–H and O–H groups in total.